The maximum Gasteiger partial charge on any atom is 0.312 e. The predicted molar refractivity (Wildman–Crippen MR) is 93.0 cm³/mol. The van der Waals surface area contributed by atoms with Crippen LogP contribution in [-0.4, -0.2) is 53.3 Å². The number of hydroxylamine groups is 3. The Labute approximate surface area is 144 Å². The van der Waals surface area contributed by atoms with Gasteiger partial charge in [-0.3, -0.25) is 9.69 Å². The number of aliphatic carboxylic acids is 1. The van der Waals surface area contributed by atoms with Crippen LogP contribution in [0, 0.1) is 17.0 Å². The predicted octanol–water partition coefficient (Wildman–Crippen LogP) is 2.71. The third-order valence-electron chi connectivity index (χ3n) is 5.69. The van der Waals surface area contributed by atoms with Crippen LogP contribution < -0.4 is 0 Å². The van der Waals surface area contributed by atoms with E-state index < -0.39 is 11.9 Å². The highest BCUT2D eigenvalue weighted by atomic mass is 16.5. The Morgan fingerprint density at radius 3 is 2.54 bits per heavy atom. The lowest BCUT2D eigenvalue weighted by Crippen LogP contribution is -2.42. The van der Waals surface area contributed by atoms with Crippen LogP contribution >= 0.6 is 0 Å². The van der Waals surface area contributed by atoms with Crippen molar-refractivity contribution in [3.63, 3.8) is 0 Å². The van der Waals surface area contributed by atoms with Gasteiger partial charge in [-0.05, 0) is 43.8 Å². The number of piperidine rings is 1. The Bertz CT molecular complexity index is 543. The number of carboxylic acid groups (broad SMARTS) is 1. The average molecular weight is 332 g/mol. The third-order valence-corrected chi connectivity index (χ3v) is 5.69. The largest absolute Gasteiger partial charge is 0.633 e. The summed E-state index contributed by atoms with van der Waals surface area (Å²) in [6, 6.07) is 10.6. The van der Waals surface area contributed by atoms with Crippen LogP contribution in [0.15, 0.2) is 30.3 Å². The van der Waals surface area contributed by atoms with E-state index in [2.05, 4.69) is 29.2 Å². The van der Waals surface area contributed by atoms with Crippen LogP contribution in [0.2, 0.25) is 0 Å². The van der Waals surface area contributed by atoms with Gasteiger partial charge in [0.05, 0.1) is 19.6 Å². The highest BCUT2D eigenvalue weighted by Crippen LogP contribution is 2.28. The van der Waals surface area contributed by atoms with Gasteiger partial charge in [0.2, 0.25) is 0 Å². The molecular formula is C19H28N2O3. The van der Waals surface area contributed by atoms with Gasteiger partial charge in [-0.1, -0.05) is 30.3 Å². The molecule has 2 saturated heterocycles. The van der Waals surface area contributed by atoms with Crippen LogP contribution in [0.5, 0.6) is 0 Å². The normalized spacial score (nSPS) is 29.0. The van der Waals surface area contributed by atoms with Crippen molar-refractivity contribution in [3.8, 4) is 0 Å². The van der Waals surface area contributed by atoms with Gasteiger partial charge in [-0.2, -0.15) is 0 Å². The quantitative estimate of drug-likeness (QED) is 0.643. The second kappa shape index (κ2) is 7.64. The molecule has 1 N–H and O–H groups in total. The fourth-order valence-corrected chi connectivity index (χ4v) is 4.07. The molecule has 1 aromatic carbocycles. The number of carbonyl (C=O) groups is 1. The van der Waals surface area contributed by atoms with Gasteiger partial charge in [-0.25, -0.2) is 0 Å². The number of hydrogen-bond acceptors (Lipinski definition) is 3. The Kier molecular flexibility index (Phi) is 5.54. The lowest BCUT2D eigenvalue weighted by atomic mass is 9.93. The first-order valence-corrected chi connectivity index (χ1v) is 9.10. The molecule has 2 heterocycles. The molecule has 1 aromatic rings. The van der Waals surface area contributed by atoms with Gasteiger partial charge in [0.15, 0.2) is 0 Å². The molecule has 2 fully saturated rings. The van der Waals surface area contributed by atoms with Crippen molar-refractivity contribution in [2.75, 3.05) is 32.7 Å². The first kappa shape index (κ1) is 17.4. The number of nitrogens with zero attached hydrogens (tertiary/aromatic N) is 2. The first-order valence-electron chi connectivity index (χ1n) is 9.10. The second-order valence-corrected chi connectivity index (χ2v) is 7.51. The van der Waals surface area contributed by atoms with E-state index >= 15 is 0 Å². The van der Waals surface area contributed by atoms with Crippen molar-refractivity contribution < 1.29 is 14.5 Å². The van der Waals surface area contributed by atoms with Gasteiger partial charge < -0.3 is 15.0 Å². The molecule has 2 unspecified atom stereocenters. The smallest absolute Gasteiger partial charge is 0.312 e. The summed E-state index contributed by atoms with van der Waals surface area (Å²) >= 11 is 0. The Morgan fingerprint density at radius 1 is 1.21 bits per heavy atom. The third kappa shape index (κ3) is 4.56. The minimum Gasteiger partial charge on any atom is -0.633 e. The molecule has 0 bridgehead atoms. The molecule has 0 aromatic heterocycles. The lowest BCUT2D eigenvalue weighted by Gasteiger charge is -2.40. The van der Waals surface area contributed by atoms with E-state index in [0.29, 0.717) is 25.4 Å². The fraction of sp³-hybridized carbons (Fsp3) is 0.632. The van der Waals surface area contributed by atoms with E-state index in [1.807, 2.05) is 6.07 Å². The molecule has 2 aliphatic heterocycles. The van der Waals surface area contributed by atoms with Gasteiger partial charge in [0.25, 0.3) is 0 Å². The van der Waals surface area contributed by atoms with E-state index in [0.717, 1.165) is 38.9 Å². The molecule has 5 heteroatoms. The fourth-order valence-electron chi connectivity index (χ4n) is 4.07. The zero-order chi connectivity index (χ0) is 17.0. The summed E-state index contributed by atoms with van der Waals surface area (Å²) in [4.78, 5) is 13.5. The zero-order valence-electron chi connectivity index (χ0n) is 14.3. The number of likely N-dealkylation sites (tertiary alicyclic amines) is 2. The van der Waals surface area contributed by atoms with E-state index in [1.54, 1.807) is 0 Å². The molecular weight excluding hydrogens is 304 g/mol. The van der Waals surface area contributed by atoms with Crippen molar-refractivity contribution in [2.45, 2.75) is 32.2 Å². The highest BCUT2D eigenvalue weighted by Gasteiger charge is 2.36. The Balaban J connectivity index is 1.39. The standard InChI is InChI=1S/C19H28N2O3/c22-19(23)18-9-13-21(24,15-18)12-8-16-6-10-20(11-7-16)14-17-4-2-1-3-5-17/h1-5,16,18H,6-15H2,(H,22,23). The summed E-state index contributed by atoms with van der Waals surface area (Å²) in [5.74, 6) is -0.625. The SMILES string of the molecule is O=C(O)C1CC[N+]([O-])(CCC2CCN(Cc3ccccc3)CC2)C1. The molecule has 0 spiro atoms. The molecule has 0 saturated carbocycles. The molecule has 24 heavy (non-hydrogen) atoms. The number of benzene rings is 1. The molecule has 0 aliphatic carbocycles. The van der Waals surface area contributed by atoms with Crippen molar-refractivity contribution in [3.05, 3.63) is 41.1 Å². The molecule has 3 rings (SSSR count). The van der Waals surface area contributed by atoms with Crippen LogP contribution in [0.25, 0.3) is 0 Å². The van der Waals surface area contributed by atoms with E-state index in [-0.39, 0.29) is 11.2 Å². The molecule has 2 aliphatic rings. The van der Waals surface area contributed by atoms with Gasteiger partial charge >= 0.3 is 5.97 Å². The Morgan fingerprint density at radius 2 is 1.92 bits per heavy atom. The second-order valence-electron chi connectivity index (χ2n) is 7.51. The molecule has 132 valence electrons. The summed E-state index contributed by atoms with van der Waals surface area (Å²) in [5.41, 5.74) is 1.36. The summed E-state index contributed by atoms with van der Waals surface area (Å²) < 4.78 is -0.290. The number of quaternary nitrogens is 1. The maximum atomic E-state index is 12.6. The number of rotatable bonds is 6. The van der Waals surface area contributed by atoms with Crippen LogP contribution in [-0.2, 0) is 11.3 Å². The van der Waals surface area contributed by atoms with E-state index in [9.17, 15) is 10.0 Å². The summed E-state index contributed by atoms with van der Waals surface area (Å²) in [5, 5.41) is 21.7. The van der Waals surface area contributed by atoms with Crippen LogP contribution in [0.3, 0.4) is 0 Å². The van der Waals surface area contributed by atoms with Crippen molar-refractivity contribution in [1.29, 1.82) is 0 Å². The summed E-state index contributed by atoms with van der Waals surface area (Å²) in [6.45, 7) is 4.53. The zero-order valence-corrected chi connectivity index (χ0v) is 14.3. The minimum absolute atomic E-state index is 0.266. The topological polar surface area (TPSA) is 63.6 Å². The molecule has 2 atom stereocenters. The molecule has 0 radical (unpaired) electrons. The average Bonchev–Trinajstić information content (AvgIpc) is 2.98. The highest BCUT2D eigenvalue weighted by molar-refractivity contribution is 5.70. The Hall–Kier alpha value is -1.43. The number of hydrogen-bond donors (Lipinski definition) is 1. The molecule has 0 amide bonds. The summed E-state index contributed by atoms with van der Waals surface area (Å²) in [7, 11) is 0. The van der Waals surface area contributed by atoms with Gasteiger partial charge in [0, 0.05) is 13.0 Å². The van der Waals surface area contributed by atoms with Gasteiger partial charge in [0.1, 0.15) is 5.92 Å². The molecule has 5 nitrogen and oxygen atoms in total. The monoisotopic (exact) mass is 332 g/mol. The first-order chi connectivity index (χ1) is 11.5. The number of carboxylic acids is 1. The van der Waals surface area contributed by atoms with Gasteiger partial charge in [-0.15, -0.1) is 0 Å². The van der Waals surface area contributed by atoms with Crippen molar-refractivity contribution in [2.24, 2.45) is 11.8 Å². The van der Waals surface area contributed by atoms with Crippen molar-refractivity contribution in [1.82, 2.24) is 4.90 Å². The minimum atomic E-state index is -0.805. The lowest BCUT2D eigenvalue weighted by molar-refractivity contribution is -0.869. The van der Waals surface area contributed by atoms with E-state index in [1.165, 1.54) is 5.56 Å². The van der Waals surface area contributed by atoms with Crippen LogP contribution in [0.4, 0.5) is 0 Å². The summed E-state index contributed by atoms with van der Waals surface area (Å²) in [6.07, 6.45) is 3.77. The van der Waals surface area contributed by atoms with Crippen LogP contribution in [0.1, 0.15) is 31.2 Å². The van der Waals surface area contributed by atoms with E-state index in [4.69, 9.17) is 5.11 Å². The maximum absolute atomic E-state index is 12.6. The van der Waals surface area contributed by atoms with Crippen molar-refractivity contribution >= 4 is 5.97 Å².